The fourth-order valence-corrected chi connectivity index (χ4v) is 5.03. The largest absolute Gasteiger partial charge is 0.324 e. The summed E-state index contributed by atoms with van der Waals surface area (Å²) in [5, 5.41) is 12.4. The van der Waals surface area contributed by atoms with E-state index in [-0.39, 0.29) is 33.2 Å². The van der Waals surface area contributed by atoms with Crippen LogP contribution in [0.3, 0.4) is 0 Å². The Balaban J connectivity index is 1.77. The minimum absolute atomic E-state index is 0.0741. The SMILES string of the molecule is Cc1ccc(NC(=O)c2cc(NC(=O)c3cc(Cl)ccc3Cl)cc3c2NC(OS(C)(=O)=O)(N(C)C)N3)cc1Cl. The number of halogens is 3. The molecule has 3 aromatic rings. The Kier molecular flexibility index (Phi) is 8.04. The van der Waals surface area contributed by atoms with Crippen LogP contribution in [-0.2, 0) is 14.3 Å². The van der Waals surface area contributed by atoms with Crippen LogP contribution in [0.4, 0.5) is 22.7 Å². The van der Waals surface area contributed by atoms with Gasteiger partial charge in [0, 0.05) is 21.4 Å². The molecule has 2 amide bonds. The van der Waals surface area contributed by atoms with Crippen molar-refractivity contribution < 1.29 is 22.2 Å². The van der Waals surface area contributed by atoms with E-state index in [1.807, 2.05) is 6.92 Å². The molecule has 206 valence electrons. The van der Waals surface area contributed by atoms with Gasteiger partial charge < -0.3 is 21.3 Å². The quantitative estimate of drug-likeness (QED) is 0.205. The van der Waals surface area contributed by atoms with Gasteiger partial charge in [-0.05, 0) is 69.0 Å². The van der Waals surface area contributed by atoms with Gasteiger partial charge in [0.15, 0.2) is 0 Å². The second kappa shape index (κ2) is 10.8. The van der Waals surface area contributed by atoms with E-state index in [0.29, 0.717) is 15.7 Å². The van der Waals surface area contributed by atoms with E-state index in [2.05, 4.69) is 21.3 Å². The van der Waals surface area contributed by atoms with Gasteiger partial charge in [0.05, 0.1) is 33.8 Å². The third-order valence-electron chi connectivity index (χ3n) is 5.74. The monoisotopic (exact) mass is 611 g/mol. The number of carbonyl (C=O) groups is 2. The number of nitrogens with one attached hydrogen (secondary N) is 4. The van der Waals surface area contributed by atoms with Crippen LogP contribution in [0.5, 0.6) is 0 Å². The second-order valence-electron chi connectivity index (χ2n) is 9.02. The van der Waals surface area contributed by atoms with Crippen LogP contribution in [0, 0.1) is 6.92 Å². The van der Waals surface area contributed by atoms with Gasteiger partial charge in [-0.2, -0.15) is 8.42 Å². The molecule has 1 aliphatic heterocycles. The zero-order valence-electron chi connectivity index (χ0n) is 21.1. The Morgan fingerprint density at radius 3 is 2.18 bits per heavy atom. The van der Waals surface area contributed by atoms with E-state index < -0.39 is 27.9 Å². The number of nitrogens with zero attached hydrogens (tertiary/aromatic N) is 1. The molecule has 0 aromatic heterocycles. The predicted molar refractivity (Wildman–Crippen MR) is 155 cm³/mol. The van der Waals surface area contributed by atoms with Gasteiger partial charge in [0.25, 0.3) is 27.9 Å². The molecule has 4 rings (SSSR count). The van der Waals surface area contributed by atoms with Crippen molar-refractivity contribution in [2.24, 2.45) is 0 Å². The Labute approximate surface area is 240 Å². The Hall–Kier alpha value is -3.06. The minimum atomic E-state index is -3.97. The molecule has 10 nitrogen and oxygen atoms in total. The summed E-state index contributed by atoms with van der Waals surface area (Å²) in [5.41, 5.74) is 2.20. The van der Waals surface area contributed by atoms with Gasteiger partial charge in [-0.1, -0.05) is 40.9 Å². The fraction of sp³-hybridized carbons (Fsp3) is 0.200. The standard InChI is InChI=1S/C25H24Cl3N5O5S/c1-13-5-7-15(11-20(13)28)29-24(35)18-10-16(30-23(34)17-9-14(26)6-8-19(17)27)12-21-22(18)32-25(31-21,33(2)3)38-39(4,36)37/h5-12,31-32H,1-4H3,(H,29,35)(H,30,34). The molecule has 0 spiro atoms. The molecule has 0 aliphatic carbocycles. The van der Waals surface area contributed by atoms with Crippen molar-refractivity contribution in [1.29, 1.82) is 0 Å². The van der Waals surface area contributed by atoms with E-state index in [1.165, 1.54) is 29.2 Å². The number of rotatable bonds is 7. The minimum Gasteiger partial charge on any atom is -0.324 e. The lowest BCUT2D eigenvalue weighted by molar-refractivity contribution is 0.00565. The molecule has 0 radical (unpaired) electrons. The van der Waals surface area contributed by atoms with Crippen molar-refractivity contribution in [1.82, 2.24) is 4.90 Å². The Morgan fingerprint density at radius 2 is 1.54 bits per heavy atom. The molecule has 1 unspecified atom stereocenters. The molecular formula is C25H24Cl3N5O5S. The number of hydrogen-bond acceptors (Lipinski definition) is 8. The highest BCUT2D eigenvalue weighted by atomic mass is 35.5. The number of fused-ring (bicyclic) bond motifs is 1. The molecule has 0 saturated heterocycles. The molecule has 4 N–H and O–H groups in total. The van der Waals surface area contributed by atoms with E-state index in [0.717, 1.165) is 11.8 Å². The zero-order chi connectivity index (χ0) is 28.7. The molecule has 0 saturated carbocycles. The van der Waals surface area contributed by atoms with Crippen molar-refractivity contribution >= 4 is 79.5 Å². The lowest BCUT2D eigenvalue weighted by Gasteiger charge is -2.34. The van der Waals surface area contributed by atoms with E-state index in [9.17, 15) is 18.0 Å². The summed E-state index contributed by atoms with van der Waals surface area (Å²) in [6.07, 6.45) is 0.903. The van der Waals surface area contributed by atoms with Crippen molar-refractivity contribution in [2.75, 3.05) is 41.6 Å². The van der Waals surface area contributed by atoms with Crippen LogP contribution >= 0.6 is 34.8 Å². The van der Waals surface area contributed by atoms with Gasteiger partial charge in [-0.25, -0.2) is 9.08 Å². The van der Waals surface area contributed by atoms with E-state index in [1.54, 1.807) is 38.4 Å². The highest BCUT2D eigenvalue weighted by Gasteiger charge is 2.45. The lowest BCUT2D eigenvalue weighted by Crippen LogP contribution is -2.57. The van der Waals surface area contributed by atoms with E-state index >= 15 is 0 Å². The third kappa shape index (κ3) is 6.40. The van der Waals surface area contributed by atoms with Crippen LogP contribution in [-0.4, -0.2) is 51.5 Å². The maximum atomic E-state index is 13.5. The normalized spacial score (nSPS) is 16.3. The average Bonchev–Trinajstić information content (AvgIpc) is 3.20. The highest BCUT2D eigenvalue weighted by molar-refractivity contribution is 7.86. The summed E-state index contributed by atoms with van der Waals surface area (Å²) in [4.78, 5) is 28.0. The molecular weight excluding hydrogens is 589 g/mol. The first-order valence-corrected chi connectivity index (χ1v) is 14.3. The topological polar surface area (TPSA) is 129 Å². The zero-order valence-corrected chi connectivity index (χ0v) is 24.2. The number of benzene rings is 3. The first kappa shape index (κ1) is 28.9. The van der Waals surface area contributed by atoms with Crippen molar-refractivity contribution in [3.05, 3.63) is 80.3 Å². The molecule has 1 aliphatic rings. The summed E-state index contributed by atoms with van der Waals surface area (Å²) >= 11 is 18.4. The number of hydrogen-bond donors (Lipinski definition) is 4. The van der Waals surface area contributed by atoms with Crippen LogP contribution in [0.2, 0.25) is 15.1 Å². The maximum absolute atomic E-state index is 13.5. The molecule has 14 heteroatoms. The van der Waals surface area contributed by atoms with Crippen molar-refractivity contribution in [3.8, 4) is 0 Å². The fourth-order valence-electron chi connectivity index (χ4n) is 3.81. The van der Waals surface area contributed by atoms with Gasteiger partial charge >= 0.3 is 0 Å². The summed E-state index contributed by atoms with van der Waals surface area (Å²) in [7, 11) is -0.815. The molecule has 0 bridgehead atoms. The van der Waals surface area contributed by atoms with Gasteiger partial charge in [-0.3, -0.25) is 9.59 Å². The number of anilines is 4. The van der Waals surface area contributed by atoms with Crippen LogP contribution in [0.15, 0.2) is 48.5 Å². The highest BCUT2D eigenvalue weighted by Crippen LogP contribution is 2.41. The molecule has 1 heterocycles. The summed E-state index contributed by atoms with van der Waals surface area (Å²) in [5.74, 6) is -2.89. The number of amides is 2. The smallest absolute Gasteiger partial charge is 0.297 e. The van der Waals surface area contributed by atoms with Crippen molar-refractivity contribution in [2.45, 2.75) is 12.9 Å². The summed E-state index contributed by atoms with van der Waals surface area (Å²) in [6.45, 7) is 1.83. The third-order valence-corrected chi connectivity index (χ3v) is 7.26. The molecule has 1 atom stereocenters. The number of aryl methyl sites for hydroxylation is 1. The first-order chi connectivity index (χ1) is 18.2. The Bertz CT molecular complexity index is 1600. The first-order valence-electron chi connectivity index (χ1n) is 11.3. The molecule has 3 aromatic carbocycles. The average molecular weight is 613 g/mol. The predicted octanol–water partition coefficient (Wildman–Crippen LogP) is 5.45. The summed E-state index contributed by atoms with van der Waals surface area (Å²) < 4.78 is 29.5. The van der Waals surface area contributed by atoms with Crippen LogP contribution < -0.4 is 21.3 Å². The van der Waals surface area contributed by atoms with Crippen molar-refractivity contribution in [3.63, 3.8) is 0 Å². The Morgan fingerprint density at radius 1 is 0.872 bits per heavy atom. The lowest BCUT2D eigenvalue weighted by atomic mass is 10.1. The molecule has 39 heavy (non-hydrogen) atoms. The summed E-state index contributed by atoms with van der Waals surface area (Å²) in [6, 6.07) is 12.5. The van der Waals surface area contributed by atoms with Crippen LogP contribution in [0.25, 0.3) is 0 Å². The molecule has 0 fully saturated rings. The van der Waals surface area contributed by atoms with Gasteiger partial charge in [-0.15, -0.1) is 0 Å². The van der Waals surface area contributed by atoms with E-state index in [4.69, 9.17) is 39.0 Å². The second-order valence-corrected chi connectivity index (χ2v) is 11.8. The van der Waals surface area contributed by atoms with Gasteiger partial charge in [0.1, 0.15) is 0 Å². The van der Waals surface area contributed by atoms with Crippen LogP contribution in [0.1, 0.15) is 26.3 Å². The maximum Gasteiger partial charge on any atom is 0.297 e. The number of carbonyl (C=O) groups excluding carboxylic acids is 2. The van der Waals surface area contributed by atoms with Gasteiger partial charge in [0.2, 0.25) is 0 Å².